The Bertz CT molecular complexity index is 2760. The van der Waals surface area contributed by atoms with Gasteiger partial charge in [0, 0.05) is 38.9 Å². The highest BCUT2D eigenvalue weighted by molar-refractivity contribution is 6.10. The fraction of sp³-hybridized carbons (Fsp3) is 0.115. The van der Waals surface area contributed by atoms with E-state index in [9.17, 15) is 0 Å². The summed E-state index contributed by atoms with van der Waals surface area (Å²) < 4.78 is 2.38. The second-order valence-corrected chi connectivity index (χ2v) is 15.5. The van der Waals surface area contributed by atoms with Gasteiger partial charge in [-0.25, -0.2) is 0 Å². The molecule has 2 aliphatic carbocycles. The van der Waals surface area contributed by atoms with Crippen LogP contribution < -0.4 is 4.90 Å². The molecule has 0 spiro atoms. The highest BCUT2D eigenvalue weighted by Crippen LogP contribution is 2.51. The Morgan fingerprint density at radius 2 is 1.17 bits per heavy atom. The van der Waals surface area contributed by atoms with Crippen molar-refractivity contribution in [2.75, 3.05) is 4.90 Å². The highest BCUT2D eigenvalue weighted by Gasteiger charge is 2.36. The largest absolute Gasteiger partial charge is 0.314 e. The van der Waals surface area contributed by atoms with Gasteiger partial charge < -0.3 is 9.47 Å². The van der Waals surface area contributed by atoms with E-state index in [-0.39, 0.29) is 5.41 Å². The molecule has 1 aromatic heterocycles. The number of fused-ring (bicyclic) bond motifs is 6. The van der Waals surface area contributed by atoms with Crippen molar-refractivity contribution >= 4 is 38.8 Å². The van der Waals surface area contributed by atoms with Crippen LogP contribution in [0.5, 0.6) is 0 Å². The second-order valence-electron chi connectivity index (χ2n) is 15.5. The van der Waals surface area contributed by atoms with Gasteiger partial charge in [-0.05, 0) is 118 Å². The molecule has 7 aromatic carbocycles. The summed E-state index contributed by atoms with van der Waals surface area (Å²) in [4.78, 5) is 2.49. The van der Waals surface area contributed by atoms with Gasteiger partial charge in [-0.15, -0.1) is 0 Å². The molecule has 0 aliphatic heterocycles. The van der Waals surface area contributed by atoms with Crippen LogP contribution in [-0.4, -0.2) is 4.57 Å². The normalized spacial score (nSPS) is 15.8. The van der Waals surface area contributed by atoms with E-state index in [1.165, 1.54) is 89.1 Å². The standard InChI is InChI=1S/C52H42N2/c1-35-32-41(27-29-43(35)37-14-6-4-7-15-37)53(42-28-30-45-44-18-10-12-20-48(44)52(2,3)49(45)34-42)40-25-22-36(23-26-40)38-24-31-51-47(33-38)46-19-11-13-21-50(46)54(51)39-16-8-5-9-17-39/h4-31,33-35H,32H2,1-3H3. The maximum absolute atomic E-state index is 2.49. The lowest BCUT2D eigenvalue weighted by molar-refractivity contribution is 0.660. The van der Waals surface area contributed by atoms with Crippen molar-refractivity contribution in [3.05, 3.63) is 204 Å². The van der Waals surface area contributed by atoms with Crippen molar-refractivity contribution in [1.29, 1.82) is 0 Å². The predicted molar refractivity (Wildman–Crippen MR) is 229 cm³/mol. The summed E-state index contributed by atoms with van der Waals surface area (Å²) in [5, 5.41) is 2.53. The molecule has 2 heteroatoms. The Morgan fingerprint density at radius 3 is 1.96 bits per heavy atom. The van der Waals surface area contributed by atoms with Crippen LogP contribution in [0.25, 0.3) is 55.3 Å². The summed E-state index contributed by atoms with van der Waals surface area (Å²) >= 11 is 0. The zero-order valence-corrected chi connectivity index (χ0v) is 31.0. The molecule has 8 aromatic rings. The van der Waals surface area contributed by atoms with Crippen molar-refractivity contribution < 1.29 is 0 Å². The number of aromatic nitrogens is 1. The van der Waals surface area contributed by atoms with Crippen LogP contribution in [0.15, 0.2) is 188 Å². The molecule has 2 nitrogen and oxygen atoms in total. The van der Waals surface area contributed by atoms with Gasteiger partial charge >= 0.3 is 0 Å². The first-order valence-electron chi connectivity index (χ1n) is 19.2. The molecule has 260 valence electrons. The van der Waals surface area contributed by atoms with Crippen LogP contribution >= 0.6 is 0 Å². The van der Waals surface area contributed by atoms with Gasteiger partial charge in [0.15, 0.2) is 0 Å². The van der Waals surface area contributed by atoms with Gasteiger partial charge in [0.1, 0.15) is 0 Å². The van der Waals surface area contributed by atoms with E-state index < -0.39 is 0 Å². The summed E-state index contributed by atoms with van der Waals surface area (Å²) in [7, 11) is 0. The monoisotopic (exact) mass is 694 g/mol. The Labute approximate surface area is 318 Å². The predicted octanol–water partition coefficient (Wildman–Crippen LogP) is 13.9. The minimum absolute atomic E-state index is 0.0750. The maximum atomic E-state index is 2.49. The maximum Gasteiger partial charge on any atom is 0.0541 e. The minimum atomic E-state index is -0.0750. The molecule has 0 saturated heterocycles. The molecule has 1 atom stereocenters. The third-order valence-corrected chi connectivity index (χ3v) is 11.9. The van der Waals surface area contributed by atoms with Gasteiger partial charge in [0.2, 0.25) is 0 Å². The zero-order chi connectivity index (χ0) is 36.4. The fourth-order valence-corrected chi connectivity index (χ4v) is 9.14. The van der Waals surface area contributed by atoms with Gasteiger partial charge in [0.05, 0.1) is 11.0 Å². The second kappa shape index (κ2) is 12.6. The van der Waals surface area contributed by atoms with Crippen molar-refractivity contribution in [3.8, 4) is 27.9 Å². The first kappa shape index (κ1) is 32.3. The summed E-state index contributed by atoms with van der Waals surface area (Å²) in [6.45, 7) is 7.09. The number of benzene rings is 7. The van der Waals surface area contributed by atoms with Crippen molar-refractivity contribution in [2.45, 2.75) is 32.6 Å². The lowest BCUT2D eigenvalue weighted by atomic mass is 9.82. The molecular weight excluding hydrogens is 653 g/mol. The van der Waals surface area contributed by atoms with Gasteiger partial charge in [0.25, 0.3) is 0 Å². The van der Waals surface area contributed by atoms with E-state index >= 15 is 0 Å². The third kappa shape index (κ3) is 5.16. The lowest BCUT2D eigenvalue weighted by Gasteiger charge is -2.33. The summed E-state index contributed by atoms with van der Waals surface area (Å²) in [6, 6.07) is 62.4. The first-order valence-corrected chi connectivity index (χ1v) is 19.2. The molecule has 10 rings (SSSR count). The topological polar surface area (TPSA) is 8.17 Å². The molecular formula is C52H42N2. The molecule has 0 amide bonds. The quantitative estimate of drug-likeness (QED) is 0.168. The van der Waals surface area contributed by atoms with Gasteiger partial charge in [-0.3, -0.25) is 0 Å². The van der Waals surface area contributed by atoms with E-state index in [0.717, 1.165) is 6.42 Å². The molecule has 0 saturated carbocycles. The number of hydrogen-bond acceptors (Lipinski definition) is 1. The Morgan fingerprint density at radius 1 is 0.519 bits per heavy atom. The van der Waals surface area contributed by atoms with E-state index in [2.05, 4.69) is 212 Å². The molecule has 54 heavy (non-hydrogen) atoms. The average molecular weight is 695 g/mol. The molecule has 1 unspecified atom stereocenters. The molecule has 0 fully saturated rings. The zero-order valence-electron chi connectivity index (χ0n) is 31.0. The summed E-state index contributed by atoms with van der Waals surface area (Å²) in [6.07, 6.45) is 5.64. The summed E-state index contributed by atoms with van der Waals surface area (Å²) in [5.74, 6) is 0.383. The number of nitrogens with zero attached hydrogens (tertiary/aromatic N) is 2. The van der Waals surface area contributed by atoms with Gasteiger partial charge in [-0.1, -0.05) is 142 Å². The van der Waals surface area contributed by atoms with Crippen molar-refractivity contribution in [3.63, 3.8) is 0 Å². The number of allylic oxidation sites excluding steroid dienone is 4. The van der Waals surface area contributed by atoms with Gasteiger partial charge in [-0.2, -0.15) is 0 Å². The molecule has 2 aliphatic rings. The Hall–Kier alpha value is -6.38. The van der Waals surface area contributed by atoms with E-state index in [0.29, 0.717) is 5.92 Å². The average Bonchev–Trinajstić information content (AvgIpc) is 3.67. The van der Waals surface area contributed by atoms with Crippen LogP contribution in [0, 0.1) is 5.92 Å². The van der Waals surface area contributed by atoms with Crippen molar-refractivity contribution in [2.24, 2.45) is 5.92 Å². The van der Waals surface area contributed by atoms with Crippen LogP contribution in [0.2, 0.25) is 0 Å². The Balaban J connectivity index is 1.07. The fourth-order valence-electron chi connectivity index (χ4n) is 9.14. The number of rotatable bonds is 6. The minimum Gasteiger partial charge on any atom is -0.314 e. The van der Waals surface area contributed by atoms with E-state index in [1.54, 1.807) is 0 Å². The number of para-hydroxylation sites is 2. The molecule has 1 heterocycles. The molecule has 0 radical (unpaired) electrons. The third-order valence-electron chi connectivity index (χ3n) is 11.9. The van der Waals surface area contributed by atoms with Crippen LogP contribution in [-0.2, 0) is 5.41 Å². The van der Waals surface area contributed by atoms with Crippen molar-refractivity contribution in [1.82, 2.24) is 4.57 Å². The smallest absolute Gasteiger partial charge is 0.0541 e. The molecule has 0 N–H and O–H groups in total. The first-order chi connectivity index (χ1) is 26.5. The summed E-state index contributed by atoms with van der Waals surface area (Å²) in [5.41, 5.74) is 17.8. The number of hydrogen-bond donors (Lipinski definition) is 0. The van der Waals surface area contributed by atoms with Crippen LogP contribution in [0.4, 0.5) is 11.4 Å². The highest BCUT2D eigenvalue weighted by atomic mass is 15.1. The van der Waals surface area contributed by atoms with Crippen LogP contribution in [0.1, 0.15) is 43.9 Å². The van der Waals surface area contributed by atoms with E-state index in [1.807, 2.05) is 0 Å². The van der Waals surface area contributed by atoms with Crippen LogP contribution in [0.3, 0.4) is 0 Å². The SMILES string of the molecule is CC1CC(N(c2ccc(-c3ccc4c(c3)c3ccccc3n4-c3ccccc3)cc2)c2ccc3c(c2)C(C)(C)c2ccccc2-3)=CC=C1c1ccccc1. The Kier molecular flexibility index (Phi) is 7.56. The van der Waals surface area contributed by atoms with E-state index in [4.69, 9.17) is 0 Å². The lowest BCUT2D eigenvalue weighted by Crippen LogP contribution is -2.21. The molecule has 0 bridgehead atoms. The number of anilines is 2.